The molecule has 28 heavy (non-hydrogen) atoms. The predicted octanol–water partition coefficient (Wildman–Crippen LogP) is 4.72. The highest BCUT2D eigenvalue weighted by atomic mass is 79.9. The third-order valence-electron chi connectivity index (χ3n) is 4.80. The summed E-state index contributed by atoms with van der Waals surface area (Å²) in [6.07, 6.45) is 5.55. The lowest BCUT2D eigenvalue weighted by atomic mass is 10.1. The molecule has 1 fully saturated rings. The molecule has 6 nitrogen and oxygen atoms in total. The molecule has 1 aliphatic heterocycles. The molecule has 1 heterocycles. The Kier molecular flexibility index (Phi) is 6.61. The molecule has 0 unspecified atom stereocenters. The molecule has 8 heteroatoms. The fraction of sp³-hybridized carbons (Fsp3) is 0.350. The first-order valence-electron chi connectivity index (χ1n) is 9.27. The number of halogens is 1. The van der Waals surface area contributed by atoms with E-state index in [2.05, 4.69) is 25.6 Å². The molecule has 2 N–H and O–H groups in total. The minimum atomic E-state index is -3.80. The van der Waals surface area contributed by atoms with E-state index in [1.54, 1.807) is 24.3 Å². The number of hydrogen-bond acceptors (Lipinski definition) is 4. The first kappa shape index (κ1) is 20.7. The highest BCUT2D eigenvalue weighted by Crippen LogP contribution is 2.28. The lowest BCUT2D eigenvalue weighted by molar-refractivity contribution is 0.0697. The molecule has 2 aromatic carbocycles. The number of nitrogens with one attached hydrogen (secondary N) is 1. The number of anilines is 2. The molecule has 1 aliphatic rings. The summed E-state index contributed by atoms with van der Waals surface area (Å²) >= 11 is 3.28. The summed E-state index contributed by atoms with van der Waals surface area (Å²) in [6.45, 7) is 1.62. The van der Waals surface area contributed by atoms with Crippen LogP contribution in [-0.2, 0) is 10.0 Å². The van der Waals surface area contributed by atoms with Gasteiger partial charge in [0.2, 0.25) is 0 Å². The molecule has 2 aromatic rings. The van der Waals surface area contributed by atoms with E-state index < -0.39 is 16.0 Å². The average molecular weight is 467 g/mol. The standard InChI is InChI=1S/C20H23BrN2O4S/c21-15-6-9-17(10-7-15)28(26,27)22-16-8-11-19(18(14-16)20(24)25)23-12-4-2-1-3-5-13-23/h6-11,14,22H,1-5,12-13H2,(H,24,25). The van der Waals surface area contributed by atoms with E-state index in [1.807, 2.05) is 0 Å². The highest BCUT2D eigenvalue weighted by Gasteiger charge is 2.20. The van der Waals surface area contributed by atoms with Gasteiger partial charge in [-0.25, -0.2) is 13.2 Å². The quantitative estimate of drug-likeness (QED) is 0.665. The number of carbonyl (C=O) groups is 1. The van der Waals surface area contributed by atoms with Crippen LogP contribution in [0, 0.1) is 0 Å². The molecule has 150 valence electrons. The third-order valence-corrected chi connectivity index (χ3v) is 6.73. The van der Waals surface area contributed by atoms with Gasteiger partial charge in [-0.15, -0.1) is 0 Å². The van der Waals surface area contributed by atoms with Gasteiger partial charge in [-0.2, -0.15) is 0 Å². The maximum Gasteiger partial charge on any atom is 0.337 e. The summed E-state index contributed by atoms with van der Waals surface area (Å²) in [5, 5.41) is 9.68. The average Bonchev–Trinajstić information content (AvgIpc) is 2.62. The first-order valence-corrected chi connectivity index (χ1v) is 11.5. The summed E-state index contributed by atoms with van der Waals surface area (Å²) in [7, 11) is -3.80. The van der Waals surface area contributed by atoms with Gasteiger partial charge in [0, 0.05) is 23.2 Å². The number of sulfonamides is 1. The van der Waals surface area contributed by atoms with E-state index in [-0.39, 0.29) is 16.1 Å². The maximum absolute atomic E-state index is 12.6. The van der Waals surface area contributed by atoms with Crippen LogP contribution in [0.1, 0.15) is 42.5 Å². The zero-order valence-electron chi connectivity index (χ0n) is 15.4. The Balaban J connectivity index is 1.88. The zero-order valence-corrected chi connectivity index (χ0v) is 17.8. The van der Waals surface area contributed by atoms with Gasteiger partial charge in [0.25, 0.3) is 10.0 Å². The number of carboxylic acid groups (broad SMARTS) is 1. The molecule has 3 rings (SSSR count). The van der Waals surface area contributed by atoms with Gasteiger partial charge in [0.1, 0.15) is 0 Å². The second-order valence-electron chi connectivity index (χ2n) is 6.85. The second kappa shape index (κ2) is 8.96. The Hall–Kier alpha value is -2.06. The van der Waals surface area contributed by atoms with Crippen molar-refractivity contribution in [3.63, 3.8) is 0 Å². The van der Waals surface area contributed by atoms with Crippen molar-refractivity contribution in [2.75, 3.05) is 22.7 Å². The van der Waals surface area contributed by atoms with Gasteiger partial charge in [0.05, 0.1) is 16.1 Å². The minimum absolute atomic E-state index is 0.108. The summed E-state index contributed by atoms with van der Waals surface area (Å²) < 4.78 is 28.4. The monoisotopic (exact) mass is 466 g/mol. The Morgan fingerprint density at radius 1 is 0.964 bits per heavy atom. The number of benzene rings is 2. The molecule has 0 amide bonds. The van der Waals surface area contributed by atoms with Gasteiger partial charge in [-0.05, 0) is 55.3 Å². The smallest absolute Gasteiger partial charge is 0.337 e. The Morgan fingerprint density at radius 3 is 2.18 bits per heavy atom. The summed E-state index contributed by atoms with van der Waals surface area (Å²) in [6, 6.07) is 11.0. The van der Waals surface area contributed by atoms with Crippen molar-refractivity contribution in [2.24, 2.45) is 0 Å². The van der Waals surface area contributed by atoms with E-state index in [1.165, 1.54) is 24.6 Å². The van der Waals surface area contributed by atoms with Gasteiger partial charge >= 0.3 is 5.97 Å². The lowest BCUT2D eigenvalue weighted by Gasteiger charge is -2.28. The van der Waals surface area contributed by atoms with Crippen LogP contribution in [0.25, 0.3) is 0 Å². The number of aromatic carboxylic acids is 1. The molecular weight excluding hydrogens is 444 g/mol. The largest absolute Gasteiger partial charge is 0.478 e. The van der Waals surface area contributed by atoms with Crippen LogP contribution in [0.5, 0.6) is 0 Å². The zero-order chi connectivity index (χ0) is 20.1. The van der Waals surface area contributed by atoms with Crippen molar-refractivity contribution >= 4 is 43.3 Å². The van der Waals surface area contributed by atoms with Crippen LogP contribution in [0.3, 0.4) is 0 Å². The molecular formula is C20H23BrN2O4S. The van der Waals surface area contributed by atoms with Crippen molar-refractivity contribution in [1.29, 1.82) is 0 Å². The summed E-state index contributed by atoms with van der Waals surface area (Å²) in [5.74, 6) is -1.07. The van der Waals surface area contributed by atoms with E-state index >= 15 is 0 Å². The van der Waals surface area contributed by atoms with Gasteiger partial charge in [-0.1, -0.05) is 35.2 Å². The van der Waals surface area contributed by atoms with Crippen molar-refractivity contribution in [3.8, 4) is 0 Å². The van der Waals surface area contributed by atoms with Gasteiger partial charge in [-0.3, -0.25) is 4.72 Å². The summed E-state index contributed by atoms with van der Waals surface area (Å²) in [4.78, 5) is 14.0. The van der Waals surface area contributed by atoms with Crippen LogP contribution < -0.4 is 9.62 Å². The van der Waals surface area contributed by atoms with E-state index in [0.717, 1.165) is 43.2 Å². The molecule has 0 aromatic heterocycles. The molecule has 0 atom stereocenters. The van der Waals surface area contributed by atoms with E-state index in [9.17, 15) is 18.3 Å². The predicted molar refractivity (Wildman–Crippen MR) is 114 cm³/mol. The molecule has 0 bridgehead atoms. The minimum Gasteiger partial charge on any atom is -0.478 e. The fourth-order valence-electron chi connectivity index (χ4n) is 3.36. The first-order chi connectivity index (χ1) is 13.4. The van der Waals surface area contributed by atoms with Crippen LogP contribution in [0.2, 0.25) is 0 Å². The van der Waals surface area contributed by atoms with E-state index in [4.69, 9.17) is 0 Å². The van der Waals surface area contributed by atoms with Gasteiger partial charge in [0.15, 0.2) is 0 Å². The van der Waals surface area contributed by atoms with Crippen molar-refractivity contribution in [2.45, 2.75) is 37.0 Å². The van der Waals surface area contributed by atoms with Crippen molar-refractivity contribution in [1.82, 2.24) is 0 Å². The number of carboxylic acids is 1. The lowest BCUT2D eigenvalue weighted by Crippen LogP contribution is -2.28. The number of rotatable bonds is 5. The normalized spacial score (nSPS) is 15.5. The highest BCUT2D eigenvalue weighted by molar-refractivity contribution is 9.10. The van der Waals surface area contributed by atoms with E-state index in [0.29, 0.717) is 5.69 Å². The fourth-order valence-corrected chi connectivity index (χ4v) is 4.68. The number of hydrogen-bond donors (Lipinski definition) is 2. The Bertz CT molecular complexity index is 937. The van der Waals surface area contributed by atoms with Crippen LogP contribution in [-0.4, -0.2) is 32.6 Å². The van der Waals surface area contributed by atoms with Crippen LogP contribution in [0.4, 0.5) is 11.4 Å². The molecule has 0 spiro atoms. The second-order valence-corrected chi connectivity index (χ2v) is 9.45. The van der Waals surface area contributed by atoms with Crippen molar-refractivity contribution in [3.05, 3.63) is 52.5 Å². The molecule has 1 saturated heterocycles. The van der Waals surface area contributed by atoms with Crippen LogP contribution >= 0.6 is 15.9 Å². The maximum atomic E-state index is 12.6. The topological polar surface area (TPSA) is 86.7 Å². The molecule has 0 aliphatic carbocycles. The third kappa shape index (κ3) is 5.05. The Labute approximate surface area is 173 Å². The Morgan fingerprint density at radius 2 is 1.57 bits per heavy atom. The van der Waals surface area contributed by atoms with Crippen LogP contribution in [0.15, 0.2) is 51.8 Å². The SMILES string of the molecule is O=C(O)c1cc(NS(=O)(=O)c2ccc(Br)cc2)ccc1N1CCCCCCC1. The number of nitrogens with zero attached hydrogens (tertiary/aromatic N) is 1. The van der Waals surface area contributed by atoms with Gasteiger partial charge < -0.3 is 10.0 Å². The molecule has 0 radical (unpaired) electrons. The molecule has 0 saturated carbocycles. The van der Waals surface area contributed by atoms with Crippen molar-refractivity contribution < 1.29 is 18.3 Å². The summed E-state index contributed by atoms with van der Waals surface area (Å²) in [5.41, 5.74) is 0.980.